The SMILES string of the molecule is O=C(O)CC(CCc1c[nH]c2cc(O)ccc12)(c1ccccc1)c1ccccc1. The summed E-state index contributed by atoms with van der Waals surface area (Å²) in [6.45, 7) is 0. The van der Waals surface area contributed by atoms with Gasteiger partial charge in [-0.1, -0.05) is 60.7 Å². The summed E-state index contributed by atoms with van der Waals surface area (Å²) in [5.74, 6) is -0.596. The molecule has 0 fully saturated rings. The van der Waals surface area contributed by atoms with Crippen LogP contribution in [0.5, 0.6) is 5.75 Å². The second-order valence-corrected chi connectivity index (χ2v) is 7.43. The van der Waals surface area contributed by atoms with Crippen LogP contribution in [0.4, 0.5) is 0 Å². The first-order valence-corrected chi connectivity index (χ1v) is 9.70. The highest BCUT2D eigenvalue weighted by molar-refractivity contribution is 5.84. The Labute approximate surface area is 169 Å². The molecule has 1 heterocycles. The number of fused-ring (bicyclic) bond motifs is 1. The Morgan fingerprint density at radius 2 is 1.52 bits per heavy atom. The fourth-order valence-corrected chi connectivity index (χ4v) is 4.25. The maximum absolute atomic E-state index is 11.9. The first-order chi connectivity index (χ1) is 14.1. The summed E-state index contributed by atoms with van der Waals surface area (Å²) in [6.07, 6.45) is 3.33. The third-order valence-corrected chi connectivity index (χ3v) is 5.68. The van der Waals surface area contributed by atoms with Crippen LogP contribution < -0.4 is 0 Å². The smallest absolute Gasteiger partial charge is 0.304 e. The molecule has 4 rings (SSSR count). The fourth-order valence-electron chi connectivity index (χ4n) is 4.25. The number of phenolic OH excluding ortho intramolecular Hbond substituents is 1. The van der Waals surface area contributed by atoms with E-state index in [4.69, 9.17) is 0 Å². The lowest BCUT2D eigenvalue weighted by Gasteiger charge is -2.34. The highest BCUT2D eigenvalue weighted by Crippen LogP contribution is 2.40. The van der Waals surface area contributed by atoms with Crippen molar-refractivity contribution in [1.29, 1.82) is 0 Å². The van der Waals surface area contributed by atoms with Crippen LogP contribution >= 0.6 is 0 Å². The van der Waals surface area contributed by atoms with Gasteiger partial charge >= 0.3 is 5.97 Å². The molecule has 29 heavy (non-hydrogen) atoms. The van der Waals surface area contributed by atoms with Gasteiger partial charge in [0.15, 0.2) is 0 Å². The zero-order valence-electron chi connectivity index (χ0n) is 16.0. The lowest BCUT2D eigenvalue weighted by atomic mass is 9.68. The summed E-state index contributed by atoms with van der Waals surface area (Å²) < 4.78 is 0. The Hall–Kier alpha value is -3.53. The van der Waals surface area contributed by atoms with Crippen molar-refractivity contribution < 1.29 is 15.0 Å². The van der Waals surface area contributed by atoms with Gasteiger partial charge in [-0.25, -0.2) is 0 Å². The molecule has 0 radical (unpaired) electrons. The van der Waals surface area contributed by atoms with Crippen LogP contribution in [-0.2, 0) is 16.6 Å². The molecule has 0 aliphatic rings. The highest BCUT2D eigenvalue weighted by atomic mass is 16.4. The van der Waals surface area contributed by atoms with E-state index in [9.17, 15) is 15.0 Å². The maximum Gasteiger partial charge on any atom is 0.304 e. The van der Waals surface area contributed by atoms with Crippen molar-refractivity contribution in [2.24, 2.45) is 0 Å². The number of H-pyrrole nitrogens is 1. The second-order valence-electron chi connectivity index (χ2n) is 7.43. The molecule has 4 aromatic rings. The van der Waals surface area contributed by atoms with E-state index in [-0.39, 0.29) is 12.2 Å². The molecule has 0 saturated heterocycles. The lowest BCUT2D eigenvalue weighted by Crippen LogP contribution is -2.31. The first-order valence-electron chi connectivity index (χ1n) is 9.70. The number of carbonyl (C=O) groups is 1. The number of carboxylic acids is 1. The largest absolute Gasteiger partial charge is 0.508 e. The topological polar surface area (TPSA) is 73.3 Å². The molecule has 0 amide bonds. The van der Waals surface area contributed by atoms with Gasteiger partial charge in [-0.15, -0.1) is 0 Å². The van der Waals surface area contributed by atoms with Crippen molar-refractivity contribution in [3.8, 4) is 5.75 Å². The number of aryl methyl sites for hydroxylation is 1. The molecular weight excluding hydrogens is 362 g/mol. The molecule has 1 aromatic heterocycles. The number of carboxylic acid groups (broad SMARTS) is 1. The Morgan fingerprint density at radius 1 is 0.897 bits per heavy atom. The van der Waals surface area contributed by atoms with Crippen molar-refractivity contribution in [3.05, 3.63) is 102 Å². The number of hydrogen-bond acceptors (Lipinski definition) is 2. The van der Waals surface area contributed by atoms with Gasteiger partial charge in [0.2, 0.25) is 0 Å². The molecule has 4 heteroatoms. The number of aromatic nitrogens is 1. The molecule has 0 aliphatic heterocycles. The standard InChI is InChI=1S/C25H23NO3/c27-21-11-12-22-18(17-26-23(22)15-21)13-14-25(16-24(28)29,19-7-3-1-4-8-19)20-9-5-2-6-10-20/h1-12,15,17,26-27H,13-14,16H2,(H,28,29). The summed E-state index contributed by atoms with van der Waals surface area (Å²) in [4.78, 5) is 15.1. The van der Waals surface area contributed by atoms with E-state index in [2.05, 4.69) is 4.98 Å². The van der Waals surface area contributed by atoms with E-state index in [1.807, 2.05) is 72.9 Å². The summed E-state index contributed by atoms with van der Waals surface area (Å²) in [6, 6.07) is 25.1. The van der Waals surface area contributed by atoms with Gasteiger partial charge in [0.05, 0.1) is 6.42 Å². The number of aliphatic carboxylic acids is 1. The van der Waals surface area contributed by atoms with Gasteiger partial charge in [0.25, 0.3) is 0 Å². The van der Waals surface area contributed by atoms with E-state index in [0.29, 0.717) is 12.8 Å². The maximum atomic E-state index is 11.9. The molecule has 3 N–H and O–H groups in total. The summed E-state index contributed by atoms with van der Waals surface area (Å²) in [5.41, 5.74) is 3.37. The van der Waals surface area contributed by atoms with Gasteiger partial charge in [-0.2, -0.15) is 0 Å². The minimum atomic E-state index is -0.818. The number of phenols is 1. The molecule has 146 valence electrons. The van der Waals surface area contributed by atoms with Crippen LogP contribution in [0.1, 0.15) is 29.5 Å². The van der Waals surface area contributed by atoms with Crippen LogP contribution in [0, 0.1) is 0 Å². The van der Waals surface area contributed by atoms with Gasteiger partial charge < -0.3 is 15.2 Å². The van der Waals surface area contributed by atoms with Crippen molar-refractivity contribution >= 4 is 16.9 Å². The van der Waals surface area contributed by atoms with Crippen LogP contribution in [0.15, 0.2) is 85.1 Å². The van der Waals surface area contributed by atoms with E-state index in [0.717, 1.165) is 27.6 Å². The Balaban J connectivity index is 1.78. The van der Waals surface area contributed by atoms with Crippen LogP contribution in [0.25, 0.3) is 10.9 Å². The van der Waals surface area contributed by atoms with E-state index < -0.39 is 11.4 Å². The fraction of sp³-hybridized carbons (Fsp3) is 0.160. The average Bonchev–Trinajstić information content (AvgIpc) is 3.14. The van der Waals surface area contributed by atoms with Crippen LogP contribution in [-0.4, -0.2) is 21.2 Å². The Morgan fingerprint density at radius 3 is 2.10 bits per heavy atom. The zero-order valence-corrected chi connectivity index (χ0v) is 16.0. The summed E-state index contributed by atoms with van der Waals surface area (Å²) in [5, 5.41) is 20.6. The minimum absolute atomic E-state index is 0.0180. The minimum Gasteiger partial charge on any atom is -0.508 e. The normalized spacial score (nSPS) is 11.6. The number of benzene rings is 3. The number of aromatic hydroxyl groups is 1. The zero-order chi connectivity index (χ0) is 20.3. The third-order valence-electron chi connectivity index (χ3n) is 5.68. The van der Waals surface area contributed by atoms with Crippen molar-refractivity contribution in [2.45, 2.75) is 24.7 Å². The quantitative estimate of drug-likeness (QED) is 0.406. The summed E-state index contributed by atoms with van der Waals surface area (Å²) in [7, 11) is 0. The van der Waals surface area contributed by atoms with Gasteiger partial charge in [0, 0.05) is 28.6 Å². The average molecular weight is 385 g/mol. The van der Waals surface area contributed by atoms with Crippen LogP contribution in [0.2, 0.25) is 0 Å². The van der Waals surface area contributed by atoms with E-state index in [1.54, 1.807) is 12.1 Å². The molecule has 0 spiro atoms. The van der Waals surface area contributed by atoms with Gasteiger partial charge in [-0.05, 0) is 41.7 Å². The number of hydrogen-bond donors (Lipinski definition) is 3. The lowest BCUT2D eigenvalue weighted by molar-refractivity contribution is -0.138. The predicted octanol–water partition coefficient (Wildman–Crippen LogP) is 5.27. The Bertz CT molecular complexity index is 1080. The van der Waals surface area contributed by atoms with Crippen molar-refractivity contribution in [2.75, 3.05) is 0 Å². The second kappa shape index (κ2) is 7.84. The first kappa shape index (κ1) is 18.8. The molecule has 0 saturated carbocycles. The van der Waals surface area contributed by atoms with Gasteiger partial charge in [-0.3, -0.25) is 4.79 Å². The monoisotopic (exact) mass is 385 g/mol. The molecule has 4 nitrogen and oxygen atoms in total. The third kappa shape index (κ3) is 3.74. The number of rotatable bonds is 7. The summed E-state index contributed by atoms with van der Waals surface area (Å²) >= 11 is 0. The predicted molar refractivity (Wildman–Crippen MR) is 114 cm³/mol. The van der Waals surface area contributed by atoms with E-state index in [1.165, 1.54) is 0 Å². The van der Waals surface area contributed by atoms with E-state index >= 15 is 0 Å². The molecule has 0 aliphatic carbocycles. The molecule has 3 aromatic carbocycles. The molecule has 0 atom stereocenters. The van der Waals surface area contributed by atoms with Crippen molar-refractivity contribution in [1.82, 2.24) is 4.98 Å². The Kier molecular flexibility index (Phi) is 5.09. The number of aromatic amines is 1. The van der Waals surface area contributed by atoms with Gasteiger partial charge in [0.1, 0.15) is 5.75 Å². The van der Waals surface area contributed by atoms with Crippen molar-refractivity contribution in [3.63, 3.8) is 0 Å². The molecule has 0 unspecified atom stereocenters. The molecular formula is C25H23NO3. The number of nitrogens with one attached hydrogen (secondary N) is 1. The van der Waals surface area contributed by atoms with Crippen LogP contribution in [0.3, 0.4) is 0 Å². The highest BCUT2D eigenvalue weighted by Gasteiger charge is 2.36. The molecule has 0 bridgehead atoms.